The molecule has 0 bridgehead atoms. The van der Waals surface area contributed by atoms with Crippen molar-refractivity contribution in [2.75, 3.05) is 6.26 Å². The summed E-state index contributed by atoms with van der Waals surface area (Å²) >= 11 is 0. The van der Waals surface area contributed by atoms with Crippen molar-refractivity contribution in [2.24, 2.45) is 0 Å². The number of carboxylic acids is 1. The van der Waals surface area contributed by atoms with E-state index in [2.05, 4.69) is 16.7 Å². The van der Waals surface area contributed by atoms with E-state index in [1.165, 1.54) is 0 Å². The predicted octanol–water partition coefficient (Wildman–Crippen LogP) is 1.74. The molecule has 0 spiro atoms. The van der Waals surface area contributed by atoms with E-state index in [0.29, 0.717) is 5.82 Å². The number of nitrogens with zero attached hydrogens (tertiary/aromatic N) is 2. The molecule has 0 saturated heterocycles. The molecule has 1 aliphatic rings. The van der Waals surface area contributed by atoms with Crippen molar-refractivity contribution >= 4 is 15.8 Å². The Morgan fingerprint density at radius 1 is 1.33 bits per heavy atom. The highest BCUT2D eigenvalue weighted by Crippen LogP contribution is 2.52. The number of sulfone groups is 1. The molecule has 8 heteroatoms. The average molecular weight is 348 g/mol. The molecule has 1 saturated carbocycles. The van der Waals surface area contributed by atoms with Crippen molar-refractivity contribution < 1.29 is 22.8 Å². The first-order valence-corrected chi connectivity index (χ1v) is 9.16. The summed E-state index contributed by atoms with van der Waals surface area (Å²) in [6.45, 7) is 3.44. The highest BCUT2D eigenvalue weighted by Gasteiger charge is 2.50. The van der Waals surface area contributed by atoms with Gasteiger partial charge in [0.1, 0.15) is 0 Å². The number of hydrogen-bond acceptors (Lipinski definition) is 6. The normalized spacial score (nSPS) is 15.9. The molecule has 7 nitrogen and oxygen atoms in total. The Balaban J connectivity index is 1.85. The molecule has 3 rings (SSSR count). The zero-order valence-electron chi connectivity index (χ0n) is 13.0. The van der Waals surface area contributed by atoms with Crippen molar-refractivity contribution in [3.8, 4) is 0 Å². The molecule has 1 N–H and O–H groups in total. The Bertz CT molecular complexity index is 908. The summed E-state index contributed by atoms with van der Waals surface area (Å²) in [5.74, 6) is -0.411. The standard InChI is InChI=1S/C16H16N2O5S/c1-10(14(19)20)9-13-17-15(18-23-13)16(7-8-16)11-3-5-12(6-4-11)24(2,21)22/h3-6H,1,7-9H2,2H3,(H,19,20). The first-order valence-electron chi connectivity index (χ1n) is 7.27. The molecule has 2 aromatic rings. The van der Waals surface area contributed by atoms with E-state index < -0.39 is 15.8 Å². The van der Waals surface area contributed by atoms with Gasteiger partial charge in [0.2, 0.25) is 5.89 Å². The minimum Gasteiger partial charge on any atom is -0.478 e. The number of hydrogen-bond donors (Lipinski definition) is 1. The zero-order chi connectivity index (χ0) is 17.5. The van der Waals surface area contributed by atoms with E-state index in [1.54, 1.807) is 24.3 Å². The highest BCUT2D eigenvalue weighted by molar-refractivity contribution is 7.90. The predicted molar refractivity (Wildman–Crippen MR) is 84.3 cm³/mol. The lowest BCUT2D eigenvalue weighted by atomic mass is 9.95. The van der Waals surface area contributed by atoms with Crippen molar-refractivity contribution in [3.63, 3.8) is 0 Å². The molecule has 1 fully saturated rings. The SMILES string of the molecule is C=C(Cc1nc(C2(c3ccc(S(C)(=O)=O)cc3)CC2)no1)C(=O)O. The first-order chi connectivity index (χ1) is 11.2. The van der Waals surface area contributed by atoms with Gasteiger partial charge in [-0.05, 0) is 30.5 Å². The van der Waals surface area contributed by atoms with Crippen LogP contribution in [0, 0.1) is 0 Å². The molecule has 1 aromatic carbocycles. The first kappa shape index (κ1) is 16.4. The third-order valence-electron chi connectivity index (χ3n) is 4.15. The molecule has 126 valence electrons. The molecule has 24 heavy (non-hydrogen) atoms. The second-order valence-corrected chi connectivity index (χ2v) is 7.99. The van der Waals surface area contributed by atoms with Gasteiger partial charge in [0.05, 0.1) is 16.7 Å². The Kier molecular flexibility index (Phi) is 3.79. The molecule has 1 heterocycles. The fourth-order valence-corrected chi connectivity index (χ4v) is 3.20. The topological polar surface area (TPSA) is 110 Å². The summed E-state index contributed by atoms with van der Waals surface area (Å²) in [6.07, 6.45) is 2.80. The highest BCUT2D eigenvalue weighted by atomic mass is 32.2. The third kappa shape index (κ3) is 2.96. The number of carbonyl (C=O) groups is 1. The summed E-state index contributed by atoms with van der Waals surface area (Å²) in [7, 11) is -3.24. The zero-order valence-corrected chi connectivity index (χ0v) is 13.8. The van der Waals surface area contributed by atoms with Crippen molar-refractivity contribution in [3.05, 3.63) is 53.7 Å². The van der Waals surface area contributed by atoms with E-state index in [1.807, 2.05) is 0 Å². The molecule has 1 aliphatic carbocycles. The fourth-order valence-electron chi connectivity index (χ4n) is 2.57. The molecule has 0 amide bonds. The van der Waals surface area contributed by atoms with Gasteiger partial charge in [-0.3, -0.25) is 0 Å². The number of rotatable bonds is 6. The summed E-state index contributed by atoms with van der Waals surface area (Å²) in [6, 6.07) is 6.65. The van der Waals surface area contributed by atoms with Gasteiger partial charge in [-0.1, -0.05) is 23.9 Å². The monoisotopic (exact) mass is 348 g/mol. The van der Waals surface area contributed by atoms with E-state index in [4.69, 9.17) is 9.63 Å². The molecule has 0 radical (unpaired) electrons. The van der Waals surface area contributed by atoms with Crippen LogP contribution in [0.1, 0.15) is 30.1 Å². The van der Waals surface area contributed by atoms with Crippen LogP contribution in [0.3, 0.4) is 0 Å². The minimum atomic E-state index is -3.24. The lowest BCUT2D eigenvalue weighted by Gasteiger charge is -2.11. The van der Waals surface area contributed by atoms with E-state index in [-0.39, 0.29) is 28.2 Å². The molecular formula is C16H16N2O5S. The Hall–Kier alpha value is -2.48. The van der Waals surface area contributed by atoms with Gasteiger partial charge in [0.15, 0.2) is 15.7 Å². The van der Waals surface area contributed by atoms with Crippen LogP contribution in [-0.2, 0) is 26.5 Å². The lowest BCUT2D eigenvalue weighted by molar-refractivity contribution is -0.132. The van der Waals surface area contributed by atoms with E-state index in [0.717, 1.165) is 24.7 Å². The van der Waals surface area contributed by atoms with Gasteiger partial charge in [-0.2, -0.15) is 4.98 Å². The summed E-state index contributed by atoms with van der Waals surface area (Å²) in [5, 5.41) is 12.8. The quantitative estimate of drug-likeness (QED) is 0.792. The van der Waals surface area contributed by atoms with Crippen LogP contribution in [0.2, 0.25) is 0 Å². The van der Waals surface area contributed by atoms with Crippen LogP contribution < -0.4 is 0 Å². The molecule has 0 aliphatic heterocycles. The second kappa shape index (κ2) is 5.55. The van der Waals surface area contributed by atoms with Gasteiger partial charge in [-0.25, -0.2) is 13.2 Å². The number of benzene rings is 1. The maximum atomic E-state index is 11.5. The van der Waals surface area contributed by atoms with Crippen LogP contribution in [0.15, 0.2) is 45.8 Å². The lowest BCUT2D eigenvalue weighted by Crippen LogP contribution is -2.11. The van der Waals surface area contributed by atoms with Gasteiger partial charge in [0.25, 0.3) is 0 Å². The maximum absolute atomic E-state index is 11.5. The Labute approximate surface area is 138 Å². The van der Waals surface area contributed by atoms with Crippen molar-refractivity contribution in [2.45, 2.75) is 29.6 Å². The van der Waals surface area contributed by atoms with Crippen LogP contribution in [-0.4, -0.2) is 35.9 Å². The van der Waals surface area contributed by atoms with Crippen LogP contribution >= 0.6 is 0 Å². The van der Waals surface area contributed by atoms with Crippen LogP contribution in [0.4, 0.5) is 0 Å². The van der Waals surface area contributed by atoms with E-state index in [9.17, 15) is 13.2 Å². The Morgan fingerprint density at radius 3 is 2.46 bits per heavy atom. The van der Waals surface area contributed by atoms with Crippen LogP contribution in [0.5, 0.6) is 0 Å². The number of carboxylic acid groups (broad SMARTS) is 1. The number of aliphatic carboxylic acids is 1. The van der Waals surface area contributed by atoms with Gasteiger partial charge < -0.3 is 9.63 Å². The maximum Gasteiger partial charge on any atom is 0.331 e. The van der Waals surface area contributed by atoms with Crippen molar-refractivity contribution in [1.29, 1.82) is 0 Å². The molecular weight excluding hydrogens is 332 g/mol. The third-order valence-corrected chi connectivity index (χ3v) is 5.28. The summed E-state index contributed by atoms with van der Waals surface area (Å²) in [5.41, 5.74) is 0.509. The van der Waals surface area contributed by atoms with E-state index >= 15 is 0 Å². The van der Waals surface area contributed by atoms with Gasteiger partial charge in [0, 0.05) is 11.8 Å². The molecule has 0 unspecified atom stereocenters. The van der Waals surface area contributed by atoms with Crippen LogP contribution in [0.25, 0.3) is 0 Å². The second-order valence-electron chi connectivity index (χ2n) is 5.98. The Morgan fingerprint density at radius 2 is 1.96 bits per heavy atom. The fraction of sp³-hybridized carbons (Fsp3) is 0.312. The largest absolute Gasteiger partial charge is 0.478 e. The average Bonchev–Trinajstić information content (AvgIpc) is 3.20. The minimum absolute atomic E-state index is 0.00850. The summed E-state index contributed by atoms with van der Waals surface area (Å²) < 4.78 is 28.2. The smallest absolute Gasteiger partial charge is 0.331 e. The molecule has 1 aromatic heterocycles. The van der Waals surface area contributed by atoms with Crippen molar-refractivity contribution in [1.82, 2.24) is 10.1 Å². The van der Waals surface area contributed by atoms with Gasteiger partial charge >= 0.3 is 5.97 Å². The number of aromatic nitrogens is 2. The van der Waals surface area contributed by atoms with Gasteiger partial charge in [-0.15, -0.1) is 0 Å². The molecule has 0 atom stereocenters. The summed E-state index contributed by atoms with van der Waals surface area (Å²) in [4.78, 5) is 15.4.